The van der Waals surface area contributed by atoms with Gasteiger partial charge in [-0.1, -0.05) is 0 Å². The van der Waals surface area contributed by atoms with Gasteiger partial charge in [-0.3, -0.25) is 4.99 Å². The van der Waals surface area contributed by atoms with Crippen LogP contribution in [0, 0.1) is 11.8 Å². The molecule has 134 valence electrons. The molecule has 3 rings (SSSR count). The third-order valence-electron chi connectivity index (χ3n) is 5.26. The van der Waals surface area contributed by atoms with Gasteiger partial charge in [0.05, 0.1) is 6.10 Å². The molecule has 1 atom stereocenters. The van der Waals surface area contributed by atoms with Crippen molar-refractivity contribution in [2.24, 2.45) is 16.8 Å². The summed E-state index contributed by atoms with van der Waals surface area (Å²) in [7, 11) is 4.11. The second-order valence-electron chi connectivity index (χ2n) is 7.31. The normalized spacial score (nSPS) is 27.1. The van der Waals surface area contributed by atoms with Crippen LogP contribution >= 0.6 is 24.0 Å². The molecule has 2 aliphatic heterocycles. The van der Waals surface area contributed by atoms with Gasteiger partial charge in [-0.05, 0) is 57.5 Å². The number of guanidine groups is 1. The van der Waals surface area contributed by atoms with E-state index >= 15 is 0 Å². The fourth-order valence-corrected chi connectivity index (χ4v) is 3.55. The predicted molar refractivity (Wildman–Crippen MR) is 106 cm³/mol. The highest BCUT2D eigenvalue weighted by molar-refractivity contribution is 14.0. The largest absolute Gasteiger partial charge is 0.378 e. The molecule has 2 heterocycles. The topological polar surface area (TPSA) is 40.1 Å². The SMILES string of the molecule is CN=C(NCC1CCN(C)C1)N1CCC(OCC2CC2)CC1.I. The van der Waals surface area contributed by atoms with E-state index in [0.717, 1.165) is 56.9 Å². The van der Waals surface area contributed by atoms with E-state index in [-0.39, 0.29) is 24.0 Å². The van der Waals surface area contributed by atoms with Gasteiger partial charge in [-0.2, -0.15) is 0 Å². The Bertz CT molecular complexity index is 381. The van der Waals surface area contributed by atoms with Crippen molar-refractivity contribution in [1.82, 2.24) is 15.1 Å². The van der Waals surface area contributed by atoms with Crippen molar-refractivity contribution in [1.29, 1.82) is 0 Å². The van der Waals surface area contributed by atoms with Crippen molar-refractivity contribution in [2.75, 3.05) is 53.4 Å². The summed E-state index contributed by atoms with van der Waals surface area (Å²) in [4.78, 5) is 9.29. The Morgan fingerprint density at radius 3 is 2.39 bits per heavy atom. The molecule has 2 saturated heterocycles. The second-order valence-corrected chi connectivity index (χ2v) is 7.31. The Balaban J connectivity index is 0.00000192. The van der Waals surface area contributed by atoms with Crippen molar-refractivity contribution in [3.63, 3.8) is 0 Å². The lowest BCUT2D eigenvalue weighted by molar-refractivity contribution is 0.0131. The first-order valence-electron chi connectivity index (χ1n) is 9.00. The Morgan fingerprint density at radius 2 is 1.83 bits per heavy atom. The Hall–Kier alpha value is -0.0800. The fourth-order valence-electron chi connectivity index (χ4n) is 3.55. The van der Waals surface area contributed by atoms with E-state index in [1.54, 1.807) is 0 Å². The molecule has 0 spiro atoms. The summed E-state index contributed by atoms with van der Waals surface area (Å²) in [5.74, 6) is 2.72. The molecule has 5 nitrogen and oxygen atoms in total. The lowest BCUT2D eigenvalue weighted by Gasteiger charge is -2.34. The number of likely N-dealkylation sites (tertiary alicyclic amines) is 2. The molecular formula is C17H33IN4O. The Morgan fingerprint density at radius 1 is 1.09 bits per heavy atom. The van der Waals surface area contributed by atoms with Crippen LogP contribution in [0.1, 0.15) is 32.1 Å². The molecule has 0 radical (unpaired) electrons. The second kappa shape index (κ2) is 9.42. The molecule has 23 heavy (non-hydrogen) atoms. The Labute approximate surface area is 158 Å². The third-order valence-corrected chi connectivity index (χ3v) is 5.26. The summed E-state index contributed by atoms with van der Waals surface area (Å²) in [5.41, 5.74) is 0. The fraction of sp³-hybridized carbons (Fsp3) is 0.941. The number of nitrogens with one attached hydrogen (secondary N) is 1. The Kier molecular flexibility index (Phi) is 7.88. The van der Waals surface area contributed by atoms with E-state index in [1.165, 1.54) is 32.4 Å². The summed E-state index contributed by atoms with van der Waals surface area (Å²) in [6.45, 7) is 6.62. The molecule has 1 unspecified atom stereocenters. The number of rotatable bonds is 5. The van der Waals surface area contributed by atoms with Crippen LogP contribution in [0.15, 0.2) is 4.99 Å². The van der Waals surface area contributed by atoms with Crippen LogP contribution < -0.4 is 5.32 Å². The molecule has 0 amide bonds. The number of halogens is 1. The first-order chi connectivity index (χ1) is 10.7. The quantitative estimate of drug-likeness (QED) is 0.407. The van der Waals surface area contributed by atoms with Crippen LogP contribution in [-0.2, 0) is 4.74 Å². The molecular weight excluding hydrogens is 403 g/mol. The van der Waals surface area contributed by atoms with Gasteiger partial charge in [0.1, 0.15) is 0 Å². The number of aliphatic imine (C=N–C) groups is 1. The van der Waals surface area contributed by atoms with Crippen LogP contribution in [0.2, 0.25) is 0 Å². The summed E-state index contributed by atoms with van der Waals surface area (Å²) < 4.78 is 6.03. The lowest BCUT2D eigenvalue weighted by atomic mass is 10.1. The standard InChI is InChI=1S/C17H32N4O.HI/c1-18-17(19-11-15-5-8-20(2)12-15)21-9-6-16(7-10-21)22-13-14-3-4-14;/h14-16H,3-13H2,1-2H3,(H,18,19);1H. The van der Waals surface area contributed by atoms with Gasteiger partial charge in [0.15, 0.2) is 5.96 Å². The maximum absolute atomic E-state index is 6.03. The van der Waals surface area contributed by atoms with E-state index < -0.39 is 0 Å². The van der Waals surface area contributed by atoms with Crippen LogP contribution in [0.5, 0.6) is 0 Å². The molecule has 1 aliphatic carbocycles. The summed E-state index contributed by atoms with van der Waals surface area (Å²) >= 11 is 0. The van der Waals surface area contributed by atoms with Crippen LogP contribution in [0.4, 0.5) is 0 Å². The summed E-state index contributed by atoms with van der Waals surface area (Å²) in [6.07, 6.45) is 6.81. The number of nitrogens with zero attached hydrogens (tertiary/aromatic N) is 3. The average molecular weight is 436 g/mol. The zero-order chi connectivity index (χ0) is 15.4. The number of hydrogen-bond acceptors (Lipinski definition) is 3. The zero-order valence-corrected chi connectivity index (χ0v) is 17.0. The summed E-state index contributed by atoms with van der Waals surface area (Å²) in [5, 5.41) is 3.59. The van der Waals surface area contributed by atoms with Crippen molar-refractivity contribution >= 4 is 29.9 Å². The van der Waals surface area contributed by atoms with Gasteiger partial charge in [-0.25, -0.2) is 0 Å². The average Bonchev–Trinajstić information content (AvgIpc) is 3.28. The van der Waals surface area contributed by atoms with E-state index in [4.69, 9.17) is 4.74 Å². The molecule has 6 heteroatoms. The minimum absolute atomic E-state index is 0. The van der Waals surface area contributed by atoms with Gasteiger partial charge in [0.25, 0.3) is 0 Å². The molecule has 0 aromatic carbocycles. The van der Waals surface area contributed by atoms with Crippen LogP contribution in [0.3, 0.4) is 0 Å². The van der Waals surface area contributed by atoms with E-state index in [2.05, 4.69) is 27.2 Å². The third kappa shape index (κ3) is 6.05. The highest BCUT2D eigenvalue weighted by Gasteiger charge is 2.27. The van der Waals surface area contributed by atoms with E-state index in [0.29, 0.717) is 6.10 Å². The first-order valence-corrected chi connectivity index (χ1v) is 9.00. The molecule has 1 N–H and O–H groups in total. The van der Waals surface area contributed by atoms with Crippen molar-refractivity contribution in [3.05, 3.63) is 0 Å². The van der Waals surface area contributed by atoms with Gasteiger partial charge < -0.3 is 19.9 Å². The molecule has 3 aliphatic rings. The number of hydrogen-bond donors (Lipinski definition) is 1. The molecule has 0 aromatic rings. The van der Waals surface area contributed by atoms with Crippen molar-refractivity contribution < 1.29 is 4.74 Å². The van der Waals surface area contributed by atoms with Crippen molar-refractivity contribution in [2.45, 2.75) is 38.2 Å². The smallest absolute Gasteiger partial charge is 0.193 e. The predicted octanol–water partition coefficient (Wildman–Crippen LogP) is 2.02. The van der Waals surface area contributed by atoms with Gasteiger partial charge in [0, 0.05) is 39.8 Å². The van der Waals surface area contributed by atoms with E-state index in [9.17, 15) is 0 Å². The highest BCUT2D eigenvalue weighted by Crippen LogP contribution is 2.30. The monoisotopic (exact) mass is 436 g/mol. The molecule has 0 aromatic heterocycles. The number of piperidine rings is 1. The maximum atomic E-state index is 6.03. The zero-order valence-electron chi connectivity index (χ0n) is 14.7. The lowest BCUT2D eigenvalue weighted by Crippen LogP contribution is -2.48. The van der Waals surface area contributed by atoms with Crippen LogP contribution in [0.25, 0.3) is 0 Å². The van der Waals surface area contributed by atoms with Gasteiger partial charge >= 0.3 is 0 Å². The highest BCUT2D eigenvalue weighted by atomic mass is 127. The summed E-state index contributed by atoms with van der Waals surface area (Å²) in [6, 6.07) is 0. The van der Waals surface area contributed by atoms with Crippen molar-refractivity contribution in [3.8, 4) is 0 Å². The van der Waals surface area contributed by atoms with E-state index in [1.807, 2.05) is 7.05 Å². The maximum Gasteiger partial charge on any atom is 0.193 e. The van der Waals surface area contributed by atoms with Gasteiger partial charge in [-0.15, -0.1) is 24.0 Å². The van der Waals surface area contributed by atoms with Crippen LogP contribution in [-0.4, -0.2) is 75.3 Å². The molecule has 0 bridgehead atoms. The minimum atomic E-state index is 0. The van der Waals surface area contributed by atoms with Gasteiger partial charge in [0.2, 0.25) is 0 Å². The minimum Gasteiger partial charge on any atom is -0.378 e. The molecule has 1 saturated carbocycles. The molecule has 3 fully saturated rings. The first kappa shape index (κ1) is 19.2. The number of ether oxygens (including phenoxy) is 1.